The van der Waals surface area contributed by atoms with E-state index < -0.39 is 7.82 Å². The molecule has 37 heavy (non-hydrogen) atoms. The SMILES string of the molecule is CCOP(=O)(O/C=C/c1ccc(N)c2c1ncc1nc(CCc3ccc(OC)cc3C)ccc12)OCC. The van der Waals surface area contributed by atoms with Gasteiger partial charge in [-0.1, -0.05) is 18.2 Å². The first-order valence-corrected chi connectivity index (χ1v) is 13.7. The van der Waals surface area contributed by atoms with Gasteiger partial charge in [0, 0.05) is 27.7 Å². The second kappa shape index (κ2) is 11.7. The Morgan fingerprint density at radius 1 is 1.03 bits per heavy atom. The van der Waals surface area contributed by atoms with E-state index in [1.165, 1.54) is 17.4 Å². The number of pyridine rings is 2. The van der Waals surface area contributed by atoms with Crippen molar-refractivity contribution in [1.82, 2.24) is 9.97 Å². The molecular formula is C28H32N3O5P. The minimum Gasteiger partial charge on any atom is -0.497 e. The van der Waals surface area contributed by atoms with Gasteiger partial charge in [0.15, 0.2) is 0 Å². The van der Waals surface area contributed by atoms with Crippen LogP contribution in [0.3, 0.4) is 0 Å². The maximum Gasteiger partial charge on any atom is 0.529 e. The smallest absolute Gasteiger partial charge is 0.497 e. The summed E-state index contributed by atoms with van der Waals surface area (Å²) in [4.78, 5) is 9.51. The zero-order valence-electron chi connectivity index (χ0n) is 21.6. The first kappa shape index (κ1) is 26.6. The lowest BCUT2D eigenvalue weighted by Crippen LogP contribution is -1.99. The van der Waals surface area contributed by atoms with Crippen molar-refractivity contribution in [2.45, 2.75) is 33.6 Å². The van der Waals surface area contributed by atoms with Crippen LogP contribution in [0.2, 0.25) is 0 Å². The van der Waals surface area contributed by atoms with E-state index in [2.05, 4.69) is 18.0 Å². The minimum atomic E-state index is -3.66. The third-order valence-corrected chi connectivity index (χ3v) is 7.55. The second-order valence-electron chi connectivity index (χ2n) is 8.44. The van der Waals surface area contributed by atoms with Gasteiger partial charge in [0.2, 0.25) is 0 Å². The van der Waals surface area contributed by atoms with Crippen LogP contribution in [0.4, 0.5) is 5.69 Å². The molecule has 0 saturated heterocycles. The molecule has 194 valence electrons. The van der Waals surface area contributed by atoms with Gasteiger partial charge < -0.3 is 15.0 Å². The fourth-order valence-electron chi connectivity index (χ4n) is 4.20. The zero-order valence-corrected chi connectivity index (χ0v) is 22.5. The standard InChI is InChI=1S/C28H32N3O5P/c1-5-34-37(32,35-6-2)36-16-15-21-9-14-25(29)27-24-13-11-22(31-26(24)18-30-28(21)27)10-7-20-8-12-23(33-4)17-19(20)3/h8-9,11-18H,5-7,10,29H2,1-4H3/b16-15+. The van der Waals surface area contributed by atoms with Crippen molar-refractivity contribution >= 4 is 41.4 Å². The number of rotatable bonds is 11. The maximum absolute atomic E-state index is 12.6. The maximum atomic E-state index is 12.6. The molecule has 0 radical (unpaired) electrons. The summed E-state index contributed by atoms with van der Waals surface area (Å²) >= 11 is 0. The predicted octanol–water partition coefficient (Wildman–Crippen LogP) is 6.64. The number of hydrogen-bond donors (Lipinski definition) is 1. The average molecular weight is 522 g/mol. The summed E-state index contributed by atoms with van der Waals surface area (Å²) < 4.78 is 33.5. The third kappa shape index (κ3) is 6.10. The van der Waals surface area contributed by atoms with Crippen LogP contribution >= 0.6 is 7.82 Å². The molecule has 9 heteroatoms. The Balaban J connectivity index is 1.60. The summed E-state index contributed by atoms with van der Waals surface area (Å²) in [7, 11) is -1.98. The van der Waals surface area contributed by atoms with Gasteiger partial charge in [0.25, 0.3) is 0 Å². The number of nitrogens with zero attached hydrogens (tertiary/aromatic N) is 2. The summed E-state index contributed by atoms with van der Waals surface area (Å²) in [5.74, 6) is 0.860. The summed E-state index contributed by atoms with van der Waals surface area (Å²) in [6.45, 7) is 5.95. The molecule has 0 saturated carbocycles. The number of nitrogen functional groups attached to an aromatic ring is 1. The Kier molecular flexibility index (Phi) is 8.44. The van der Waals surface area contributed by atoms with Crippen LogP contribution in [0, 0.1) is 6.92 Å². The van der Waals surface area contributed by atoms with E-state index in [0.717, 1.165) is 46.1 Å². The highest BCUT2D eigenvalue weighted by Gasteiger charge is 2.25. The van der Waals surface area contributed by atoms with Crippen LogP contribution in [-0.2, 0) is 31.0 Å². The van der Waals surface area contributed by atoms with Crippen molar-refractivity contribution in [1.29, 1.82) is 0 Å². The molecule has 0 aliphatic heterocycles. The van der Waals surface area contributed by atoms with Gasteiger partial charge >= 0.3 is 7.82 Å². The van der Waals surface area contributed by atoms with Gasteiger partial charge in [-0.3, -0.25) is 19.0 Å². The van der Waals surface area contributed by atoms with E-state index in [4.69, 9.17) is 29.0 Å². The number of anilines is 1. The van der Waals surface area contributed by atoms with Crippen LogP contribution in [0.1, 0.15) is 36.2 Å². The highest BCUT2D eigenvalue weighted by atomic mass is 31.2. The Bertz CT molecular complexity index is 1480. The second-order valence-corrected chi connectivity index (χ2v) is 10.1. The number of phosphoric ester groups is 1. The third-order valence-electron chi connectivity index (χ3n) is 6.02. The fraction of sp³-hybridized carbons (Fsp3) is 0.286. The summed E-state index contributed by atoms with van der Waals surface area (Å²) in [5.41, 5.74) is 12.6. The van der Waals surface area contributed by atoms with Crippen LogP contribution in [-0.4, -0.2) is 30.3 Å². The highest BCUT2D eigenvalue weighted by Crippen LogP contribution is 2.49. The van der Waals surface area contributed by atoms with Crippen LogP contribution < -0.4 is 10.5 Å². The molecule has 0 aliphatic rings. The highest BCUT2D eigenvalue weighted by molar-refractivity contribution is 7.48. The van der Waals surface area contributed by atoms with E-state index >= 15 is 0 Å². The first-order chi connectivity index (χ1) is 17.9. The van der Waals surface area contributed by atoms with Crippen LogP contribution in [0.15, 0.2) is 54.9 Å². The molecule has 2 aromatic heterocycles. The molecule has 0 unspecified atom stereocenters. The lowest BCUT2D eigenvalue weighted by atomic mass is 10.0. The molecule has 0 atom stereocenters. The number of nitrogens with two attached hydrogens (primary N) is 1. The molecule has 0 amide bonds. The van der Waals surface area contributed by atoms with Crippen molar-refractivity contribution in [3.63, 3.8) is 0 Å². The lowest BCUT2D eigenvalue weighted by Gasteiger charge is -2.14. The number of phosphoric acid groups is 1. The Hall–Kier alpha value is -3.45. The molecule has 4 rings (SSSR count). The van der Waals surface area contributed by atoms with Gasteiger partial charge in [-0.05, 0) is 75.1 Å². The average Bonchev–Trinajstić information content (AvgIpc) is 2.89. The van der Waals surface area contributed by atoms with Gasteiger partial charge in [0.1, 0.15) is 5.75 Å². The summed E-state index contributed by atoms with van der Waals surface area (Å²) in [6.07, 6.45) is 6.41. The van der Waals surface area contributed by atoms with Gasteiger partial charge in [-0.15, -0.1) is 0 Å². The monoisotopic (exact) mass is 521 g/mol. The van der Waals surface area contributed by atoms with Crippen LogP contribution in [0.5, 0.6) is 5.75 Å². The van der Waals surface area contributed by atoms with Crippen molar-refractivity contribution in [2.24, 2.45) is 0 Å². The molecule has 0 aliphatic carbocycles. The molecule has 0 spiro atoms. The molecule has 2 N–H and O–H groups in total. The molecule has 2 aromatic carbocycles. The fourth-order valence-corrected chi connectivity index (χ4v) is 5.24. The number of hydrogen-bond acceptors (Lipinski definition) is 8. The van der Waals surface area contributed by atoms with Crippen LogP contribution in [0.25, 0.3) is 27.9 Å². The Morgan fingerprint density at radius 2 is 1.81 bits per heavy atom. The van der Waals surface area contributed by atoms with Gasteiger partial charge in [0.05, 0.1) is 43.8 Å². The van der Waals surface area contributed by atoms with E-state index in [1.807, 2.05) is 36.4 Å². The normalized spacial score (nSPS) is 12.0. The van der Waals surface area contributed by atoms with E-state index in [-0.39, 0.29) is 13.2 Å². The first-order valence-electron chi connectivity index (χ1n) is 12.2. The van der Waals surface area contributed by atoms with Crippen molar-refractivity contribution in [2.75, 3.05) is 26.1 Å². The van der Waals surface area contributed by atoms with Crippen molar-refractivity contribution in [3.05, 3.63) is 77.3 Å². The number of aromatic nitrogens is 2. The number of aryl methyl sites for hydroxylation is 3. The Morgan fingerprint density at radius 3 is 2.51 bits per heavy atom. The topological polar surface area (TPSA) is 106 Å². The van der Waals surface area contributed by atoms with Crippen molar-refractivity contribution < 1.29 is 22.9 Å². The Labute approximate surface area is 217 Å². The van der Waals surface area contributed by atoms with E-state index in [0.29, 0.717) is 11.2 Å². The largest absolute Gasteiger partial charge is 0.529 e. The zero-order chi connectivity index (χ0) is 26.4. The number of benzene rings is 2. The lowest BCUT2D eigenvalue weighted by molar-refractivity contribution is 0.154. The predicted molar refractivity (Wildman–Crippen MR) is 148 cm³/mol. The molecular weight excluding hydrogens is 489 g/mol. The van der Waals surface area contributed by atoms with Gasteiger partial charge in [-0.2, -0.15) is 0 Å². The molecule has 2 heterocycles. The van der Waals surface area contributed by atoms with Gasteiger partial charge in [-0.25, -0.2) is 4.57 Å². The summed E-state index contributed by atoms with van der Waals surface area (Å²) in [5, 5.41) is 1.72. The quantitative estimate of drug-likeness (QED) is 0.101. The summed E-state index contributed by atoms with van der Waals surface area (Å²) in [6, 6.07) is 13.9. The molecule has 8 nitrogen and oxygen atoms in total. The van der Waals surface area contributed by atoms with E-state index in [9.17, 15) is 4.57 Å². The molecule has 0 fully saturated rings. The number of fused-ring (bicyclic) bond motifs is 3. The van der Waals surface area contributed by atoms with E-state index in [1.54, 1.807) is 33.2 Å². The minimum absolute atomic E-state index is 0.207. The number of methoxy groups -OCH3 is 1. The molecule has 4 aromatic rings. The number of ether oxygens (including phenoxy) is 1. The van der Waals surface area contributed by atoms with Crippen molar-refractivity contribution in [3.8, 4) is 5.75 Å². The molecule has 0 bridgehead atoms.